The SMILES string of the molecule is CCc1ccc(/C(O)=C2\C(=O)C(=O)N(c3ccc(C(=O)OC)cc3)C2c2ccccc2)cc1. The Hall–Kier alpha value is -4.19. The van der Waals surface area contributed by atoms with Crippen LogP contribution in [0.25, 0.3) is 5.76 Å². The van der Waals surface area contributed by atoms with Crippen LogP contribution in [0, 0.1) is 0 Å². The molecule has 1 N–H and O–H groups in total. The minimum absolute atomic E-state index is 0.0208. The zero-order chi connectivity index (χ0) is 23.5. The number of hydrogen-bond acceptors (Lipinski definition) is 5. The highest BCUT2D eigenvalue weighted by atomic mass is 16.5. The average molecular weight is 441 g/mol. The summed E-state index contributed by atoms with van der Waals surface area (Å²) in [6.45, 7) is 2.03. The van der Waals surface area contributed by atoms with Gasteiger partial charge in [0, 0.05) is 11.3 Å². The van der Waals surface area contributed by atoms with Gasteiger partial charge in [-0.1, -0.05) is 61.5 Å². The van der Waals surface area contributed by atoms with Crippen LogP contribution >= 0.6 is 0 Å². The molecule has 1 heterocycles. The molecule has 0 spiro atoms. The highest BCUT2D eigenvalue weighted by molar-refractivity contribution is 6.51. The van der Waals surface area contributed by atoms with E-state index in [4.69, 9.17) is 4.74 Å². The van der Waals surface area contributed by atoms with Crippen molar-refractivity contribution >= 4 is 29.1 Å². The maximum atomic E-state index is 13.2. The van der Waals surface area contributed by atoms with Crippen LogP contribution in [0.2, 0.25) is 0 Å². The van der Waals surface area contributed by atoms with Crippen molar-refractivity contribution in [3.63, 3.8) is 0 Å². The van der Waals surface area contributed by atoms with Crippen LogP contribution in [-0.4, -0.2) is 29.9 Å². The number of ketones is 1. The van der Waals surface area contributed by atoms with Crippen molar-refractivity contribution < 1.29 is 24.2 Å². The molecule has 1 saturated heterocycles. The molecule has 6 nitrogen and oxygen atoms in total. The lowest BCUT2D eigenvalue weighted by Crippen LogP contribution is -2.29. The van der Waals surface area contributed by atoms with E-state index in [-0.39, 0.29) is 11.3 Å². The highest BCUT2D eigenvalue weighted by Gasteiger charge is 2.46. The Morgan fingerprint density at radius 3 is 2.09 bits per heavy atom. The first-order chi connectivity index (χ1) is 16.0. The molecule has 0 radical (unpaired) electrons. The van der Waals surface area contributed by atoms with Gasteiger partial charge >= 0.3 is 5.97 Å². The third-order valence-electron chi connectivity index (χ3n) is 5.76. The van der Waals surface area contributed by atoms with Gasteiger partial charge in [0.05, 0.1) is 24.3 Å². The third-order valence-corrected chi connectivity index (χ3v) is 5.76. The Balaban J connectivity index is 1.86. The molecule has 33 heavy (non-hydrogen) atoms. The van der Waals surface area contributed by atoms with E-state index in [0.717, 1.165) is 12.0 Å². The van der Waals surface area contributed by atoms with E-state index < -0.39 is 23.7 Å². The van der Waals surface area contributed by atoms with Gasteiger partial charge in [-0.2, -0.15) is 0 Å². The topological polar surface area (TPSA) is 83.9 Å². The maximum absolute atomic E-state index is 13.2. The van der Waals surface area contributed by atoms with Gasteiger partial charge in [0.15, 0.2) is 0 Å². The van der Waals surface area contributed by atoms with Crippen LogP contribution in [0.4, 0.5) is 5.69 Å². The molecule has 3 aromatic carbocycles. The minimum atomic E-state index is -0.818. The Labute approximate surface area is 191 Å². The van der Waals surface area contributed by atoms with Crippen molar-refractivity contribution in [2.45, 2.75) is 19.4 Å². The van der Waals surface area contributed by atoms with Crippen LogP contribution in [0.3, 0.4) is 0 Å². The van der Waals surface area contributed by atoms with Gasteiger partial charge in [0.25, 0.3) is 11.7 Å². The number of amides is 1. The molecule has 1 fully saturated rings. The number of aliphatic hydroxyl groups excluding tert-OH is 1. The van der Waals surface area contributed by atoms with E-state index in [1.165, 1.54) is 24.1 Å². The van der Waals surface area contributed by atoms with Crippen molar-refractivity contribution in [3.8, 4) is 0 Å². The minimum Gasteiger partial charge on any atom is -0.507 e. The van der Waals surface area contributed by atoms with E-state index in [1.54, 1.807) is 36.4 Å². The number of carbonyl (C=O) groups excluding carboxylic acids is 3. The molecule has 6 heteroatoms. The number of esters is 1. The number of Topliss-reactive ketones (excluding diaryl/α,β-unsaturated/α-hetero) is 1. The number of nitrogens with zero attached hydrogens (tertiary/aromatic N) is 1. The first-order valence-corrected chi connectivity index (χ1v) is 10.6. The number of carbonyl (C=O) groups is 3. The summed E-state index contributed by atoms with van der Waals surface area (Å²) in [5, 5.41) is 11.1. The van der Waals surface area contributed by atoms with E-state index in [9.17, 15) is 19.5 Å². The molecule has 3 aromatic rings. The number of aliphatic hydroxyl groups is 1. The number of methoxy groups -OCH3 is 1. The van der Waals surface area contributed by atoms with Crippen LogP contribution in [0.1, 0.15) is 40.0 Å². The van der Waals surface area contributed by atoms with Crippen LogP contribution in [-0.2, 0) is 20.7 Å². The molecule has 0 aliphatic carbocycles. The number of anilines is 1. The fraction of sp³-hybridized carbons (Fsp3) is 0.148. The molecule has 1 atom stereocenters. The monoisotopic (exact) mass is 441 g/mol. The lowest BCUT2D eigenvalue weighted by Gasteiger charge is -2.25. The summed E-state index contributed by atoms with van der Waals surface area (Å²) in [4.78, 5) is 39.4. The fourth-order valence-electron chi connectivity index (χ4n) is 3.98. The first-order valence-electron chi connectivity index (χ1n) is 10.6. The smallest absolute Gasteiger partial charge is 0.337 e. The molecule has 1 amide bonds. The van der Waals surface area contributed by atoms with Gasteiger partial charge in [-0.25, -0.2) is 4.79 Å². The molecular weight excluding hydrogens is 418 g/mol. The van der Waals surface area contributed by atoms with Crippen molar-refractivity contribution in [1.82, 2.24) is 0 Å². The summed E-state index contributed by atoms with van der Waals surface area (Å²) < 4.78 is 4.73. The number of aryl methyl sites for hydroxylation is 1. The number of rotatable bonds is 5. The molecule has 0 aromatic heterocycles. The Kier molecular flexibility index (Phi) is 6.09. The molecule has 1 unspecified atom stereocenters. The lowest BCUT2D eigenvalue weighted by atomic mass is 9.94. The molecular formula is C27H23NO5. The van der Waals surface area contributed by atoms with Gasteiger partial charge in [-0.05, 0) is 41.8 Å². The van der Waals surface area contributed by atoms with Gasteiger partial charge in [0.2, 0.25) is 0 Å². The van der Waals surface area contributed by atoms with Gasteiger partial charge < -0.3 is 9.84 Å². The van der Waals surface area contributed by atoms with Crippen LogP contribution < -0.4 is 4.90 Å². The van der Waals surface area contributed by atoms with E-state index in [1.807, 2.05) is 37.3 Å². The second kappa shape index (κ2) is 9.12. The van der Waals surface area contributed by atoms with Crippen molar-refractivity contribution in [2.75, 3.05) is 12.0 Å². The Morgan fingerprint density at radius 1 is 0.909 bits per heavy atom. The summed E-state index contributed by atoms with van der Waals surface area (Å²) in [5.74, 6) is -2.24. The zero-order valence-corrected chi connectivity index (χ0v) is 18.3. The summed E-state index contributed by atoms with van der Waals surface area (Å²) in [6, 6.07) is 21.7. The van der Waals surface area contributed by atoms with Gasteiger partial charge in [0.1, 0.15) is 5.76 Å². The van der Waals surface area contributed by atoms with Crippen LogP contribution in [0.15, 0.2) is 84.4 Å². The van der Waals surface area contributed by atoms with Crippen molar-refractivity contribution in [3.05, 3.63) is 107 Å². The largest absolute Gasteiger partial charge is 0.507 e. The standard InChI is InChI=1S/C27H23NO5/c1-3-17-9-11-19(12-10-17)24(29)22-23(18-7-5-4-6-8-18)28(26(31)25(22)30)21-15-13-20(14-16-21)27(32)33-2/h4-16,23,29H,3H2,1-2H3/b24-22+. The number of benzene rings is 3. The molecule has 0 bridgehead atoms. The van der Waals surface area contributed by atoms with Gasteiger partial charge in [-0.15, -0.1) is 0 Å². The molecule has 1 aliphatic heterocycles. The van der Waals surface area contributed by atoms with E-state index in [2.05, 4.69) is 0 Å². The normalized spacial score (nSPS) is 17.3. The van der Waals surface area contributed by atoms with E-state index in [0.29, 0.717) is 22.4 Å². The average Bonchev–Trinajstić information content (AvgIpc) is 3.14. The van der Waals surface area contributed by atoms with Gasteiger partial charge in [-0.3, -0.25) is 14.5 Å². The third kappa shape index (κ3) is 4.03. The summed E-state index contributed by atoms with van der Waals surface area (Å²) in [6.07, 6.45) is 0.844. The zero-order valence-electron chi connectivity index (χ0n) is 18.3. The summed E-state index contributed by atoms with van der Waals surface area (Å²) >= 11 is 0. The summed E-state index contributed by atoms with van der Waals surface area (Å²) in [7, 11) is 1.29. The molecule has 1 aliphatic rings. The highest BCUT2D eigenvalue weighted by Crippen LogP contribution is 2.42. The van der Waals surface area contributed by atoms with Crippen molar-refractivity contribution in [1.29, 1.82) is 0 Å². The lowest BCUT2D eigenvalue weighted by molar-refractivity contribution is -0.132. The Morgan fingerprint density at radius 2 is 1.52 bits per heavy atom. The fourth-order valence-corrected chi connectivity index (χ4v) is 3.98. The molecule has 166 valence electrons. The number of hydrogen-bond donors (Lipinski definition) is 1. The van der Waals surface area contributed by atoms with E-state index >= 15 is 0 Å². The molecule has 4 rings (SSSR count). The molecule has 0 saturated carbocycles. The first kappa shape index (κ1) is 22.0. The maximum Gasteiger partial charge on any atom is 0.337 e. The number of ether oxygens (including phenoxy) is 1. The quantitative estimate of drug-likeness (QED) is 0.269. The predicted octanol–water partition coefficient (Wildman–Crippen LogP) is 4.66. The second-order valence-corrected chi connectivity index (χ2v) is 7.67. The van der Waals surface area contributed by atoms with Crippen molar-refractivity contribution in [2.24, 2.45) is 0 Å². The predicted molar refractivity (Wildman–Crippen MR) is 125 cm³/mol. The summed E-state index contributed by atoms with van der Waals surface area (Å²) in [5.41, 5.74) is 3.02. The van der Waals surface area contributed by atoms with Crippen LogP contribution in [0.5, 0.6) is 0 Å². The Bertz CT molecular complexity index is 1230. The second-order valence-electron chi connectivity index (χ2n) is 7.67.